The first-order valence-electron chi connectivity index (χ1n) is 7.98. The van der Waals surface area contributed by atoms with E-state index in [1.807, 2.05) is 48.5 Å². The van der Waals surface area contributed by atoms with Crippen molar-refractivity contribution in [2.75, 3.05) is 16.3 Å². The molecule has 4 aromatic rings. The van der Waals surface area contributed by atoms with Crippen LogP contribution in [0.2, 0.25) is 0 Å². The van der Waals surface area contributed by atoms with E-state index in [1.54, 1.807) is 18.3 Å². The van der Waals surface area contributed by atoms with Crippen molar-refractivity contribution in [2.45, 2.75) is 0 Å². The fourth-order valence-electron chi connectivity index (χ4n) is 2.84. The first-order valence-corrected chi connectivity index (χ1v) is 9.87. The van der Waals surface area contributed by atoms with Crippen LogP contribution in [-0.4, -0.2) is 24.6 Å². The molecule has 0 spiro atoms. The summed E-state index contributed by atoms with van der Waals surface area (Å²) in [6.45, 7) is 0. The molecule has 0 bridgehead atoms. The van der Waals surface area contributed by atoms with E-state index in [2.05, 4.69) is 20.0 Å². The van der Waals surface area contributed by atoms with Gasteiger partial charge in [-0.1, -0.05) is 18.2 Å². The zero-order valence-corrected chi connectivity index (χ0v) is 14.8. The minimum atomic E-state index is -3.29. The van der Waals surface area contributed by atoms with Crippen LogP contribution in [0.4, 0.5) is 17.1 Å². The molecular weight excluding hydrogens is 348 g/mol. The number of hydrogen-bond acceptors (Lipinski definition) is 5. The first-order chi connectivity index (χ1) is 12.5. The van der Waals surface area contributed by atoms with Crippen molar-refractivity contribution in [3.05, 3.63) is 66.9 Å². The SMILES string of the molecule is CS(=O)(=O)Nc1ccc(Nc2c3ccccc3nc3ncccc23)cc1. The fourth-order valence-corrected chi connectivity index (χ4v) is 3.40. The minimum absolute atomic E-state index is 0.518. The monoisotopic (exact) mass is 364 g/mol. The Morgan fingerprint density at radius 1 is 0.846 bits per heavy atom. The molecule has 0 aliphatic carbocycles. The summed E-state index contributed by atoms with van der Waals surface area (Å²) in [5.41, 5.74) is 3.80. The van der Waals surface area contributed by atoms with Crippen molar-refractivity contribution in [3.8, 4) is 0 Å². The topological polar surface area (TPSA) is 84.0 Å². The van der Waals surface area contributed by atoms with E-state index in [0.717, 1.165) is 33.9 Å². The lowest BCUT2D eigenvalue weighted by atomic mass is 10.1. The van der Waals surface area contributed by atoms with E-state index in [9.17, 15) is 8.42 Å². The number of nitrogens with zero attached hydrogens (tertiary/aromatic N) is 2. The van der Waals surface area contributed by atoms with Crippen LogP contribution in [0.3, 0.4) is 0 Å². The molecule has 0 radical (unpaired) electrons. The van der Waals surface area contributed by atoms with Gasteiger partial charge in [-0.3, -0.25) is 4.72 Å². The maximum atomic E-state index is 11.3. The second-order valence-electron chi connectivity index (χ2n) is 5.96. The molecule has 0 aliphatic heterocycles. The lowest BCUT2D eigenvalue weighted by Crippen LogP contribution is -2.09. The highest BCUT2D eigenvalue weighted by atomic mass is 32.2. The van der Waals surface area contributed by atoms with E-state index >= 15 is 0 Å². The normalized spacial score (nSPS) is 11.6. The summed E-state index contributed by atoms with van der Waals surface area (Å²) >= 11 is 0. The van der Waals surface area contributed by atoms with Crippen molar-refractivity contribution in [3.63, 3.8) is 0 Å². The molecule has 2 heterocycles. The number of pyridine rings is 2. The molecule has 0 saturated heterocycles. The average molecular weight is 364 g/mol. The number of anilines is 3. The zero-order chi connectivity index (χ0) is 18.1. The van der Waals surface area contributed by atoms with E-state index in [0.29, 0.717) is 11.3 Å². The summed E-state index contributed by atoms with van der Waals surface area (Å²) in [7, 11) is -3.29. The van der Waals surface area contributed by atoms with Gasteiger partial charge >= 0.3 is 0 Å². The Morgan fingerprint density at radius 2 is 1.54 bits per heavy atom. The number of rotatable bonds is 4. The largest absolute Gasteiger partial charge is 0.354 e. The molecular formula is C19H16N4O2S. The molecule has 0 unspecified atom stereocenters. The van der Waals surface area contributed by atoms with Gasteiger partial charge in [-0.05, 0) is 42.5 Å². The minimum Gasteiger partial charge on any atom is -0.354 e. The molecule has 0 atom stereocenters. The van der Waals surface area contributed by atoms with Crippen LogP contribution < -0.4 is 10.0 Å². The number of para-hydroxylation sites is 1. The Bertz CT molecular complexity index is 1150. The van der Waals surface area contributed by atoms with Crippen LogP contribution in [0, 0.1) is 0 Å². The quantitative estimate of drug-likeness (QED) is 0.537. The first kappa shape index (κ1) is 16.3. The summed E-state index contributed by atoms with van der Waals surface area (Å²) in [5.74, 6) is 0. The Labute approximate surface area is 151 Å². The highest BCUT2D eigenvalue weighted by Crippen LogP contribution is 2.32. The van der Waals surface area contributed by atoms with Gasteiger partial charge in [0.2, 0.25) is 10.0 Å². The molecule has 0 fully saturated rings. The van der Waals surface area contributed by atoms with Crippen molar-refractivity contribution in [1.82, 2.24) is 9.97 Å². The fraction of sp³-hybridized carbons (Fsp3) is 0.0526. The summed E-state index contributed by atoms with van der Waals surface area (Å²) in [6.07, 6.45) is 2.85. The summed E-state index contributed by atoms with van der Waals surface area (Å²) in [6, 6.07) is 18.8. The van der Waals surface area contributed by atoms with Gasteiger partial charge in [-0.15, -0.1) is 0 Å². The lowest BCUT2D eigenvalue weighted by Gasteiger charge is -2.13. The molecule has 0 aliphatic rings. The maximum absolute atomic E-state index is 11.3. The molecule has 0 amide bonds. The molecule has 2 aromatic carbocycles. The van der Waals surface area contributed by atoms with E-state index < -0.39 is 10.0 Å². The number of hydrogen-bond donors (Lipinski definition) is 2. The number of nitrogens with one attached hydrogen (secondary N) is 2. The van der Waals surface area contributed by atoms with Crippen molar-refractivity contribution < 1.29 is 8.42 Å². The molecule has 0 saturated carbocycles. The second-order valence-corrected chi connectivity index (χ2v) is 7.70. The molecule has 26 heavy (non-hydrogen) atoms. The number of fused-ring (bicyclic) bond motifs is 2. The van der Waals surface area contributed by atoms with Crippen LogP contribution in [-0.2, 0) is 10.0 Å². The van der Waals surface area contributed by atoms with Gasteiger partial charge in [0.1, 0.15) is 0 Å². The van der Waals surface area contributed by atoms with Crippen LogP contribution in [0.25, 0.3) is 21.9 Å². The summed E-state index contributed by atoms with van der Waals surface area (Å²) in [5, 5.41) is 5.34. The average Bonchev–Trinajstić information content (AvgIpc) is 2.62. The number of sulfonamides is 1. The third-order valence-electron chi connectivity index (χ3n) is 3.91. The summed E-state index contributed by atoms with van der Waals surface area (Å²) in [4.78, 5) is 8.97. The van der Waals surface area contributed by atoms with Gasteiger partial charge in [0.15, 0.2) is 5.65 Å². The Kier molecular flexibility index (Phi) is 3.93. The van der Waals surface area contributed by atoms with Gasteiger partial charge in [0, 0.05) is 28.3 Å². The smallest absolute Gasteiger partial charge is 0.229 e. The molecule has 6 nitrogen and oxygen atoms in total. The third-order valence-corrected chi connectivity index (χ3v) is 4.52. The molecule has 4 rings (SSSR count). The van der Waals surface area contributed by atoms with Crippen molar-refractivity contribution in [2.24, 2.45) is 0 Å². The second kappa shape index (κ2) is 6.27. The van der Waals surface area contributed by atoms with Crippen LogP contribution in [0.5, 0.6) is 0 Å². The molecule has 2 N–H and O–H groups in total. The van der Waals surface area contributed by atoms with Gasteiger partial charge in [-0.2, -0.15) is 0 Å². The Morgan fingerprint density at radius 3 is 2.31 bits per heavy atom. The Hall–Kier alpha value is -3.19. The van der Waals surface area contributed by atoms with Gasteiger partial charge in [0.25, 0.3) is 0 Å². The van der Waals surface area contributed by atoms with E-state index in [-0.39, 0.29) is 0 Å². The third kappa shape index (κ3) is 3.29. The predicted molar refractivity (Wildman–Crippen MR) is 105 cm³/mol. The standard InChI is InChI=1S/C19H16N4O2S/c1-26(24,25)23-14-10-8-13(9-11-14)21-18-15-5-2-3-7-17(15)22-19-16(18)6-4-12-20-19/h2-12,23H,1H3,(H,20,21,22). The van der Waals surface area contributed by atoms with Crippen LogP contribution in [0.1, 0.15) is 0 Å². The number of benzene rings is 2. The van der Waals surface area contributed by atoms with Crippen molar-refractivity contribution >= 4 is 49.0 Å². The summed E-state index contributed by atoms with van der Waals surface area (Å²) < 4.78 is 25.1. The molecule has 7 heteroatoms. The van der Waals surface area contributed by atoms with Gasteiger partial charge in [0.05, 0.1) is 17.5 Å². The van der Waals surface area contributed by atoms with Crippen LogP contribution in [0.15, 0.2) is 66.9 Å². The number of aromatic nitrogens is 2. The highest BCUT2D eigenvalue weighted by molar-refractivity contribution is 7.92. The molecule has 130 valence electrons. The van der Waals surface area contributed by atoms with E-state index in [4.69, 9.17) is 0 Å². The van der Waals surface area contributed by atoms with Gasteiger partial charge in [-0.25, -0.2) is 18.4 Å². The van der Waals surface area contributed by atoms with E-state index in [1.165, 1.54) is 0 Å². The van der Waals surface area contributed by atoms with Crippen molar-refractivity contribution in [1.29, 1.82) is 0 Å². The van der Waals surface area contributed by atoms with Crippen LogP contribution >= 0.6 is 0 Å². The maximum Gasteiger partial charge on any atom is 0.229 e. The zero-order valence-electron chi connectivity index (χ0n) is 14.0. The predicted octanol–water partition coefficient (Wildman–Crippen LogP) is 3.90. The molecule has 2 aromatic heterocycles. The lowest BCUT2D eigenvalue weighted by molar-refractivity contribution is 0.607. The Balaban J connectivity index is 1.78. The highest BCUT2D eigenvalue weighted by Gasteiger charge is 2.10. The van der Waals surface area contributed by atoms with Gasteiger partial charge < -0.3 is 5.32 Å².